The first kappa shape index (κ1) is 14.0. The summed E-state index contributed by atoms with van der Waals surface area (Å²) in [5.41, 5.74) is 5.76. The summed E-state index contributed by atoms with van der Waals surface area (Å²) >= 11 is 1.64. The van der Waals surface area contributed by atoms with Gasteiger partial charge < -0.3 is 20.7 Å². The number of nitrogens with one attached hydrogen (secondary N) is 1. The lowest BCUT2D eigenvalue weighted by Crippen LogP contribution is -2.37. The summed E-state index contributed by atoms with van der Waals surface area (Å²) in [4.78, 5) is 19.0. The van der Waals surface area contributed by atoms with Crippen molar-refractivity contribution in [3.8, 4) is 0 Å². The Balaban J connectivity index is 1.63. The lowest BCUT2D eigenvalue weighted by Gasteiger charge is -2.26. The van der Waals surface area contributed by atoms with Gasteiger partial charge in [0.2, 0.25) is 17.8 Å². The molecule has 9 heteroatoms. The number of nitrogens with two attached hydrogens (primary N) is 1. The molecular weight excluding hydrogens is 290 g/mol. The molecule has 8 nitrogen and oxygen atoms in total. The van der Waals surface area contributed by atoms with Crippen LogP contribution in [0.1, 0.15) is 5.01 Å². The fourth-order valence-corrected chi connectivity index (χ4v) is 2.64. The Bertz CT molecular complexity index is 571. The third-order valence-electron chi connectivity index (χ3n) is 3.04. The lowest BCUT2D eigenvalue weighted by atomic mass is 10.4. The van der Waals surface area contributed by atoms with Gasteiger partial charge in [0.25, 0.3) is 0 Å². The molecule has 0 aliphatic carbocycles. The van der Waals surface area contributed by atoms with Crippen molar-refractivity contribution in [3.63, 3.8) is 0 Å². The van der Waals surface area contributed by atoms with Crippen molar-refractivity contribution in [1.82, 2.24) is 19.9 Å². The SMILES string of the molecule is Nc1nc(NCCc2nccs2)nc(N2CCOCC2)n1. The fourth-order valence-electron chi connectivity index (χ4n) is 2.02. The number of ether oxygens (including phenoxy) is 1. The Morgan fingerprint density at radius 1 is 1.29 bits per heavy atom. The minimum atomic E-state index is 0.225. The van der Waals surface area contributed by atoms with Gasteiger partial charge in [-0.2, -0.15) is 15.0 Å². The predicted molar refractivity (Wildman–Crippen MR) is 81.6 cm³/mol. The Hall–Kier alpha value is -2.00. The number of nitrogens with zero attached hydrogens (tertiary/aromatic N) is 5. The summed E-state index contributed by atoms with van der Waals surface area (Å²) in [5, 5.41) is 6.22. The molecule has 21 heavy (non-hydrogen) atoms. The highest BCUT2D eigenvalue weighted by Crippen LogP contribution is 2.13. The minimum Gasteiger partial charge on any atom is -0.378 e. The number of anilines is 3. The molecule has 0 aromatic carbocycles. The summed E-state index contributed by atoms with van der Waals surface area (Å²) in [6.45, 7) is 3.60. The predicted octanol–water partition coefficient (Wildman–Crippen LogP) is 0.401. The molecule has 3 rings (SSSR count). The van der Waals surface area contributed by atoms with Crippen molar-refractivity contribution < 1.29 is 4.74 Å². The molecule has 1 saturated heterocycles. The van der Waals surface area contributed by atoms with Crippen LogP contribution in [0, 0.1) is 0 Å². The first-order valence-electron chi connectivity index (χ1n) is 6.78. The van der Waals surface area contributed by atoms with E-state index in [2.05, 4.69) is 25.3 Å². The number of hydrogen-bond acceptors (Lipinski definition) is 9. The number of thiazole rings is 1. The van der Waals surface area contributed by atoms with Crippen LogP contribution in [0.5, 0.6) is 0 Å². The van der Waals surface area contributed by atoms with Gasteiger partial charge >= 0.3 is 0 Å². The molecule has 1 aliphatic heterocycles. The smallest absolute Gasteiger partial charge is 0.232 e. The highest BCUT2D eigenvalue weighted by atomic mass is 32.1. The van der Waals surface area contributed by atoms with Gasteiger partial charge in [0.05, 0.1) is 18.2 Å². The van der Waals surface area contributed by atoms with Crippen molar-refractivity contribution in [2.24, 2.45) is 0 Å². The first-order chi connectivity index (χ1) is 10.3. The average Bonchev–Trinajstić information content (AvgIpc) is 3.01. The van der Waals surface area contributed by atoms with Gasteiger partial charge in [-0.15, -0.1) is 11.3 Å². The molecule has 2 aromatic rings. The lowest BCUT2D eigenvalue weighted by molar-refractivity contribution is 0.122. The van der Waals surface area contributed by atoms with Gasteiger partial charge in [0.1, 0.15) is 0 Å². The van der Waals surface area contributed by atoms with E-state index in [9.17, 15) is 0 Å². The number of rotatable bonds is 5. The Labute approximate surface area is 126 Å². The second-order valence-corrected chi connectivity index (χ2v) is 5.50. The molecular formula is C12H17N7OS. The van der Waals surface area contributed by atoms with Crippen LogP contribution >= 0.6 is 11.3 Å². The average molecular weight is 307 g/mol. The zero-order valence-electron chi connectivity index (χ0n) is 11.5. The van der Waals surface area contributed by atoms with Crippen LogP contribution in [-0.4, -0.2) is 52.8 Å². The van der Waals surface area contributed by atoms with E-state index in [1.165, 1.54) is 0 Å². The van der Waals surface area contributed by atoms with E-state index in [0.717, 1.165) is 24.5 Å². The molecule has 1 fully saturated rings. The van der Waals surface area contributed by atoms with Gasteiger partial charge in [-0.25, -0.2) is 4.98 Å². The molecule has 3 N–H and O–H groups in total. The van der Waals surface area contributed by atoms with Crippen LogP contribution in [0.3, 0.4) is 0 Å². The highest BCUT2D eigenvalue weighted by Gasteiger charge is 2.15. The largest absolute Gasteiger partial charge is 0.378 e. The molecule has 0 radical (unpaired) electrons. The molecule has 2 aromatic heterocycles. The Morgan fingerprint density at radius 2 is 2.14 bits per heavy atom. The van der Waals surface area contributed by atoms with E-state index >= 15 is 0 Å². The normalized spacial score (nSPS) is 15.1. The number of nitrogen functional groups attached to an aromatic ring is 1. The number of morpholine rings is 1. The third kappa shape index (κ3) is 3.76. The standard InChI is InChI=1S/C12H17N7OS/c13-10-16-11(15-2-1-9-14-3-8-21-9)18-12(17-10)19-4-6-20-7-5-19/h3,8H,1-2,4-7H2,(H3,13,15,16,17,18). The second kappa shape index (κ2) is 6.64. The highest BCUT2D eigenvalue weighted by molar-refractivity contribution is 7.09. The van der Waals surface area contributed by atoms with Gasteiger partial charge in [-0.3, -0.25) is 0 Å². The number of hydrogen-bond donors (Lipinski definition) is 2. The molecule has 0 unspecified atom stereocenters. The topological polar surface area (TPSA) is 102 Å². The van der Waals surface area contributed by atoms with Gasteiger partial charge in [-0.1, -0.05) is 0 Å². The molecule has 0 atom stereocenters. The zero-order chi connectivity index (χ0) is 14.5. The van der Waals surface area contributed by atoms with E-state index in [0.29, 0.717) is 31.7 Å². The summed E-state index contributed by atoms with van der Waals surface area (Å²) in [7, 11) is 0. The third-order valence-corrected chi connectivity index (χ3v) is 3.88. The van der Waals surface area contributed by atoms with Crippen molar-refractivity contribution in [1.29, 1.82) is 0 Å². The van der Waals surface area contributed by atoms with Crippen LogP contribution in [0.2, 0.25) is 0 Å². The zero-order valence-corrected chi connectivity index (χ0v) is 12.3. The van der Waals surface area contributed by atoms with Crippen LogP contribution in [0.25, 0.3) is 0 Å². The maximum absolute atomic E-state index is 5.76. The van der Waals surface area contributed by atoms with Crippen LogP contribution in [-0.2, 0) is 11.2 Å². The van der Waals surface area contributed by atoms with Crippen molar-refractivity contribution in [3.05, 3.63) is 16.6 Å². The van der Waals surface area contributed by atoms with Crippen molar-refractivity contribution in [2.45, 2.75) is 6.42 Å². The summed E-state index contributed by atoms with van der Waals surface area (Å²) in [5.74, 6) is 1.33. The molecule has 112 valence electrons. The molecule has 1 aliphatic rings. The first-order valence-corrected chi connectivity index (χ1v) is 7.66. The summed E-state index contributed by atoms with van der Waals surface area (Å²) < 4.78 is 5.32. The van der Waals surface area contributed by atoms with Gasteiger partial charge in [0.15, 0.2) is 0 Å². The van der Waals surface area contributed by atoms with E-state index in [1.54, 1.807) is 17.5 Å². The van der Waals surface area contributed by atoms with E-state index in [4.69, 9.17) is 10.5 Å². The Morgan fingerprint density at radius 3 is 2.90 bits per heavy atom. The number of aromatic nitrogens is 4. The van der Waals surface area contributed by atoms with E-state index < -0.39 is 0 Å². The molecule has 0 saturated carbocycles. The van der Waals surface area contributed by atoms with Crippen LogP contribution in [0.15, 0.2) is 11.6 Å². The summed E-state index contributed by atoms with van der Waals surface area (Å²) in [6.07, 6.45) is 2.63. The van der Waals surface area contributed by atoms with Crippen molar-refractivity contribution >= 4 is 29.2 Å². The van der Waals surface area contributed by atoms with E-state index in [1.807, 2.05) is 10.3 Å². The van der Waals surface area contributed by atoms with E-state index in [-0.39, 0.29) is 5.95 Å². The summed E-state index contributed by atoms with van der Waals surface area (Å²) in [6, 6.07) is 0. The maximum atomic E-state index is 5.76. The fraction of sp³-hybridized carbons (Fsp3) is 0.500. The van der Waals surface area contributed by atoms with Crippen LogP contribution < -0.4 is 16.0 Å². The monoisotopic (exact) mass is 307 g/mol. The van der Waals surface area contributed by atoms with Crippen molar-refractivity contribution in [2.75, 3.05) is 48.8 Å². The molecule has 0 bridgehead atoms. The minimum absolute atomic E-state index is 0.225. The molecule has 3 heterocycles. The molecule has 0 amide bonds. The second-order valence-electron chi connectivity index (χ2n) is 4.52. The quantitative estimate of drug-likeness (QED) is 0.818. The molecule has 0 spiro atoms. The Kier molecular flexibility index (Phi) is 4.41. The van der Waals surface area contributed by atoms with Crippen LogP contribution in [0.4, 0.5) is 17.8 Å². The maximum Gasteiger partial charge on any atom is 0.232 e. The van der Waals surface area contributed by atoms with Gasteiger partial charge in [0, 0.05) is 37.6 Å². The van der Waals surface area contributed by atoms with Gasteiger partial charge in [-0.05, 0) is 0 Å².